The smallest absolute Gasteiger partial charge is 0.262 e. The predicted octanol–water partition coefficient (Wildman–Crippen LogP) is 6.07. The van der Waals surface area contributed by atoms with Crippen LogP contribution in [0.4, 0.5) is 5.69 Å². The Balaban J connectivity index is 1.70. The maximum atomic E-state index is 12.3. The van der Waals surface area contributed by atoms with E-state index in [4.69, 9.17) is 4.74 Å². The number of amides is 1. The molecule has 140 valence electrons. The van der Waals surface area contributed by atoms with Gasteiger partial charge in [0.15, 0.2) is 12.4 Å². The van der Waals surface area contributed by atoms with Gasteiger partial charge >= 0.3 is 0 Å². The fraction of sp³-hybridized carbons (Fsp3) is 0.238. The normalized spacial score (nSPS) is 11.4. The van der Waals surface area contributed by atoms with Crippen LogP contribution in [-0.2, 0) is 10.2 Å². The monoisotopic (exact) mass is 490 g/mol. The van der Waals surface area contributed by atoms with E-state index in [-0.39, 0.29) is 17.9 Å². The lowest BCUT2D eigenvalue weighted by Gasteiger charge is -2.19. The molecule has 0 radical (unpaired) electrons. The fourth-order valence-electron chi connectivity index (χ4n) is 2.67. The molecule has 0 atom stereocenters. The first-order chi connectivity index (χ1) is 12.8. The number of aromatic nitrogens is 1. The zero-order valence-electron chi connectivity index (χ0n) is 15.3. The van der Waals surface area contributed by atoms with Crippen molar-refractivity contribution in [1.82, 2.24) is 4.98 Å². The molecule has 0 saturated carbocycles. The molecule has 27 heavy (non-hydrogen) atoms. The van der Waals surface area contributed by atoms with E-state index in [0.717, 1.165) is 20.0 Å². The largest absolute Gasteiger partial charge is 0.480 e. The second-order valence-corrected chi connectivity index (χ2v) is 8.94. The summed E-state index contributed by atoms with van der Waals surface area (Å²) in [5.41, 5.74) is 2.73. The number of hydrogen-bond acceptors (Lipinski definition) is 3. The van der Waals surface area contributed by atoms with Crippen LogP contribution in [0.2, 0.25) is 0 Å². The quantitative estimate of drug-likeness (QED) is 0.481. The summed E-state index contributed by atoms with van der Waals surface area (Å²) in [6, 6.07) is 13.6. The molecular formula is C21H20Br2N2O2. The lowest BCUT2D eigenvalue weighted by atomic mass is 9.87. The number of pyridine rings is 1. The van der Waals surface area contributed by atoms with Crippen LogP contribution in [-0.4, -0.2) is 17.5 Å². The highest BCUT2D eigenvalue weighted by atomic mass is 79.9. The molecule has 0 unspecified atom stereocenters. The average Bonchev–Trinajstić information content (AvgIpc) is 2.61. The van der Waals surface area contributed by atoms with Crippen LogP contribution in [0.15, 0.2) is 57.6 Å². The lowest BCUT2D eigenvalue weighted by molar-refractivity contribution is -0.118. The minimum Gasteiger partial charge on any atom is -0.480 e. The van der Waals surface area contributed by atoms with Crippen LogP contribution in [0.3, 0.4) is 0 Å². The highest BCUT2D eigenvalue weighted by Gasteiger charge is 2.15. The third kappa shape index (κ3) is 4.68. The summed E-state index contributed by atoms with van der Waals surface area (Å²) in [4.78, 5) is 16.7. The number of carbonyl (C=O) groups excluding carboxylic acids is 1. The van der Waals surface area contributed by atoms with Crippen molar-refractivity contribution in [3.63, 3.8) is 0 Å². The highest BCUT2D eigenvalue weighted by Crippen LogP contribution is 2.37. The Bertz CT molecular complexity index is 980. The second kappa shape index (κ2) is 7.98. The number of carbonyl (C=O) groups is 1. The topological polar surface area (TPSA) is 51.2 Å². The molecule has 2 aromatic carbocycles. The van der Waals surface area contributed by atoms with Crippen molar-refractivity contribution < 1.29 is 9.53 Å². The van der Waals surface area contributed by atoms with Gasteiger partial charge in [-0.1, -0.05) is 54.9 Å². The van der Waals surface area contributed by atoms with Gasteiger partial charge in [-0.3, -0.25) is 9.78 Å². The van der Waals surface area contributed by atoms with Crippen LogP contribution in [0.25, 0.3) is 10.9 Å². The summed E-state index contributed by atoms with van der Waals surface area (Å²) in [5.74, 6) is 0.324. The number of nitrogens with zero attached hydrogens (tertiary/aromatic N) is 1. The summed E-state index contributed by atoms with van der Waals surface area (Å²) in [5, 5.41) is 3.79. The Kier molecular flexibility index (Phi) is 5.86. The van der Waals surface area contributed by atoms with Crippen molar-refractivity contribution in [3.8, 4) is 5.75 Å². The Hall–Kier alpha value is -1.92. The van der Waals surface area contributed by atoms with E-state index >= 15 is 0 Å². The van der Waals surface area contributed by atoms with Gasteiger partial charge < -0.3 is 10.1 Å². The lowest BCUT2D eigenvalue weighted by Crippen LogP contribution is -2.20. The first-order valence-corrected chi connectivity index (χ1v) is 10.1. The summed E-state index contributed by atoms with van der Waals surface area (Å²) in [7, 11) is 0. The van der Waals surface area contributed by atoms with E-state index in [1.54, 1.807) is 6.20 Å². The molecule has 0 aliphatic rings. The van der Waals surface area contributed by atoms with Gasteiger partial charge in [0.2, 0.25) is 0 Å². The number of benzene rings is 2. The summed E-state index contributed by atoms with van der Waals surface area (Å²) in [6.45, 7) is 6.36. The first-order valence-electron chi connectivity index (χ1n) is 8.51. The molecule has 0 aliphatic heterocycles. The predicted molar refractivity (Wildman–Crippen MR) is 116 cm³/mol. The number of anilines is 1. The van der Waals surface area contributed by atoms with Gasteiger partial charge in [0.1, 0.15) is 5.52 Å². The molecule has 0 spiro atoms. The zero-order chi connectivity index (χ0) is 19.6. The van der Waals surface area contributed by atoms with E-state index in [1.165, 1.54) is 5.56 Å². The maximum Gasteiger partial charge on any atom is 0.262 e. The molecule has 3 rings (SSSR count). The molecule has 1 aromatic heterocycles. The molecule has 1 amide bonds. The summed E-state index contributed by atoms with van der Waals surface area (Å²) < 4.78 is 7.42. The molecule has 1 heterocycles. The molecule has 0 bridgehead atoms. The third-order valence-electron chi connectivity index (χ3n) is 4.13. The maximum absolute atomic E-state index is 12.3. The van der Waals surface area contributed by atoms with Crippen molar-refractivity contribution in [1.29, 1.82) is 0 Å². The zero-order valence-corrected chi connectivity index (χ0v) is 18.5. The number of halogens is 2. The van der Waals surface area contributed by atoms with Crippen molar-refractivity contribution >= 4 is 54.4 Å². The minimum atomic E-state index is -0.225. The first kappa shape index (κ1) is 19.8. The van der Waals surface area contributed by atoms with Gasteiger partial charge in [-0.05, 0) is 51.2 Å². The third-order valence-corrected chi connectivity index (χ3v) is 5.38. The van der Waals surface area contributed by atoms with Crippen molar-refractivity contribution in [2.24, 2.45) is 0 Å². The van der Waals surface area contributed by atoms with Crippen molar-refractivity contribution in [2.75, 3.05) is 11.9 Å². The number of ether oxygens (including phenoxy) is 1. The Labute approximate surface area is 175 Å². The molecule has 1 N–H and O–H groups in total. The van der Waals surface area contributed by atoms with Crippen LogP contribution >= 0.6 is 31.9 Å². The van der Waals surface area contributed by atoms with E-state index in [9.17, 15) is 4.79 Å². The standard InChI is InChI=1S/C21H20Br2N2O2/c1-21(2,3)13-6-8-14(9-7-13)25-18(26)12-27-20-17(23)11-16(22)15-5-4-10-24-19(15)20/h4-11H,12H2,1-3H3,(H,25,26). The summed E-state index contributed by atoms with van der Waals surface area (Å²) >= 11 is 7.01. The van der Waals surface area contributed by atoms with E-state index < -0.39 is 0 Å². The number of hydrogen-bond donors (Lipinski definition) is 1. The van der Waals surface area contributed by atoms with Crippen LogP contribution in [0.5, 0.6) is 5.75 Å². The van der Waals surface area contributed by atoms with E-state index in [0.29, 0.717) is 11.3 Å². The SMILES string of the molecule is CC(C)(C)c1ccc(NC(=O)COc2c(Br)cc(Br)c3cccnc23)cc1. The van der Waals surface area contributed by atoms with Gasteiger partial charge in [-0.2, -0.15) is 0 Å². The Morgan fingerprint density at radius 2 is 1.81 bits per heavy atom. The van der Waals surface area contributed by atoms with Crippen LogP contribution < -0.4 is 10.1 Å². The Morgan fingerprint density at radius 3 is 2.48 bits per heavy atom. The van der Waals surface area contributed by atoms with Crippen molar-refractivity contribution in [3.05, 3.63) is 63.2 Å². The minimum absolute atomic E-state index is 0.0770. The molecule has 0 fully saturated rings. The second-order valence-electron chi connectivity index (χ2n) is 7.23. The van der Waals surface area contributed by atoms with Crippen LogP contribution in [0, 0.1) is 0 Å². The molecule has 3 aromatic rings. The highest BCUT2D eigenvalue weighted by molar-refractivity contribution is 9.11. The average molecular weight is 492 g/mol. The van der Waals surface area contributed by atoms with E-state index in [2.05, 4.69) is 62.9 Å². The van der Waals surface area contributed by atoms with E-state index in [1.807, 2.05) is 42.5 Å². The molecule has 6 heteroatoms. The molecular weight excluding hydrogens is 472 g/mol. The number of fused-ring (bicyclic) bond motifs is 1. The Morgan fingerprint density at radius 1 is 1.11 bits per heavy atom. The molecule has 0 saturated heterocycles. The fourth-order valence-corrected chi connectivity index (χ4v) is 4.06. The van der Waals surface area contributed by atoms with Gasteiger partial charge in [0.25, 0.3) is 5.91 Å². The number of rotatable bonds is 4. The van der Waals surface area contributed by atoms with Crippen molar-refractivity contribution in [2.45, 2.75) is 26.2 Å². The number of nitrogens with one attached hydrogen (secondary N) is 1. The van der Waals surface area contributed by atoms with Crippen LogP contribution in [0.1, 0.15) is 26.3 Å². The molecule has 4 nitrogen and oxygen atoms in total. The summed E-state index contributed by atoms with van der Waals surface area (Å²) in [6.07, 6.45) is 1.70. The van der Waals surface area contributed by atoms with Gasteiger partial charge in [-0.25, -0.2) is 0 Å². The van der Waals surface area contributed by atoms with Gasteiger partial charge in [-0.15, -0.1) is 0 Å². The van der Waals surface area contributed by atoms with Gasteiger partial charge in [0, 0.05) is 21.7 Å². The molecule has 0 aliphatic carbocycles. The van der Waals surface area contributed by atoms with Gasteiger partial charge in [0.05, 0.1) is 4.47 Å².